The maximum absolute atomic E-state index is 12.1. The zero-order chi connectivity index (χ0) is 19.6. The van der Waals surface area contributed by atoms with Crippen molar-refractivity contribution in [1.29, 1.82) is 0 Å². The van der Waals surface area contributed by atoms with Crippen molar-refractivity contribution in [2.24, 2.45) is 0 Å². The normalized spacial score (nSPS) is 16.9. The van der Waals surface area contributed by atoms with Gasteiger partial charge in [0.05, 0.1) is 6.04 Å². The number of amides is 2. The van der Waals surface area contributed by atoms with E-state index in [0.29, 0.717) is 12.6 Å². The summed E-state index contributed by atoms with van der Waals surface area (Å²) in [7, 11) is 0. The largest absolute Gasteiger partial charge is 0.481 e. The fraction of sp³-hybridized carbons (Fsp3) is 0.429. The number of benzene rings is 2. The molecule has 0 saturated carbocycles. The lowest BCUT2D eigenvalue weighted by Gasteiger charge is -2.18. The Hall–Kier alpha value is -2.60. The van der Waals surface area contributed by atoms with E-state index in [0.717, 1.165) is 25.5 Å². The van der Waals surface area contributed by atoms with Gasteiger partial charge in [0.1, 0.15) is 0 Å². The van der Waals surface area contributed by atoms with E-state index in [1.807, 2.05) is 25.1 Å². The Morgan fingerprint density at radius 2 is 1.93 bits per heavy atom. The molecule has 2 atom stereocenters. The van der Waals surface area contributed by atoms with Gasteiger partial charge >= 0.3 is 6.03 Å². The third-order valence-corrected chi connectivity index (χ3v) is 4.58. The summed E-state index contributed by atoms with van der Waals surface area (Å²) >= 11 is 0. The molecule has 2 amide bonds. The first-order chi connectivity index (χ1) is 13.0. The van der Waals surface area contributed by atoms with Crippen LogP contribution in [0.1, 0.15) is 44.7 Å². The van der Waals surface area contributed by atoms with Gasteiger partial charge in [-0.05, 0) is 49.1 Å². The van der Waals surface area contributed by atoms with Gasteiger partial charge in [-0.1, -0.05) is 42.5 Å². The molecule has 4 N–H and O–H groups in total. The number of carboxylic acid groups (broad SMARTS) is 1. The molecular weight excluding hydrogens is 342 g/mol. The van der Waals surface area contributed by atoms with Crippen molar-refractivity contribution in [3.8, 4) is 0 Å². The highest BCUT2D eigenvalue weighted by Crippen LogP contribution is 2.23. The number of hydrogen-bond donors (Lipinski definition) is 4. The van der Waals surface area contributed by atoms with Crippen molar-refractivity contribution >= 4 is 22.8 Å². The molecule has 2 aromatic rings. The molecule has 1 aliphatic rings. The summed E-state index contributed by atoms with van der Waals surface area (Å²) in [6.07, 6.45) is 3.46. The molecule has 6 heteroatoms. The Balaban J connectivity index is 0.000000596. The molecule has 27 heavy (non-hydrogen) atoms. The number of aliphatic carboxylic acids is 1. The van der Waals surface area contributed by atoms with Crippen LogP contribution in [0, 0.1) is 0 Å². The second-order valence-corrected chi connectivity index (χ2v) is 6.79. The average Bonchev–Trinajstić information content (AvgIpc) is 3.14. The van der Waals surface area contributed by atoms with Gasteiger partial charge in [0.2, 0.25) is 0 Å². The monoisotopic (exact) mass is 371 g/mol. The topological polar surface area (TPSA) is 90.5 Å². The fourth-order valence-corrected chi connectivity index (χ4v) is 3.32. The highest BCUT2D eigenvalue weighted by Gasteiger charge is 2.15. The zero-order valence-electron chi connectivity index (χ0n) is 16.0. The van der Waals surface area contributed by atoms with Crippen molar-refractivity contribution in [1.82, 2.24) is 16.0 Å². The highest BCUT2D eigenvalue weighted by atomic mass is 16.4. The number of rotatable bonds is 5. The quantitative estimate of drug-likeness (QED) is 0.648. The zero-order valence-corrected chi connectivity index (χ0v) is 16.0. The Bertz CT molecular complexity index is 748. The van der Waals surface area contributed by atoms with Crippen molar-refractivity contribution in [3.05, 3.63) is 48.0 Å². The predicted octanol–water partition coefficient (Wildman–Crippen LogP) is 3.43. The third kappa shape index (κ3) is 6.90. The number of fused-ring (bicyclic) bond motifs is 1. The van der Waals surface area contributed by atoms with Crippen LogP contribution in [0.2, 0.25) is 0 Å². The van der Waals surface area contributed by atoms with Crippen LogP contribution in [0.5, 0.6) is 0 Å². The number of carbonyl (C=O) groups excluding carboxylic acids is 1. The van der Waals surface area contributed by atoms with E-state index in [1.165, 1.54) is 23.6 Å². The van der Waals surface area contributed by atoms with Crippen LogP contribution < -0.4 is 16.0 Å². The lowest BCUT2D eigenvalue weighted by molar-refractivity contribution is -0.134. The maximum Gasteiger partial charge on any atom is 0.315 e. The summed E-state index contributed by atoms with van der Waals surface area (Å²) in [5.41, 5.74) is 1.15. The summed E-state index contributed by atoms with van der Waals surface area (Å²) in [6, 6.07) is 14.9. The molecule has 1 saturated heterocycles. The van der Waals surface area contributed by atoms with Crippen LogP contribution in [-0.2, 0) is 4.79 Å². The van der Waals surface area contributed by atoms with E-state index in [4.69, 9.17) is 9.90 Å². The van der Waals surface area contributed by atoms with Gasteiger partial charge in [0, 0.05) is 19.5 Å². The molecule has 0 aromatic heterocycles. The molecular formula is C21H29N3O3. The molecule has 146 valence electrons. The Morgan fingerprint density at radius 1 is 1.22 bits per heavy atom. The van der Waals surface area contributed by atoms with Crippen LogP contribution in [0.15, 0.2) is 42.5 Å². The van der Waals surface area contributed by atoms with Gasteiger partial charge in [0.25, 0.3) is 5.97 Å². The van der Waals surface area contributed by atoms with Gasteiger partial charge in [-0.3, -0.25) is 4.79 Å². The Kier molecular flexibility index (Phi) is 8.07. The molecule has 0 spiro atoms. The van der Waals surface area contributed by atoms with Crippen molar-refractivity contribution in [2.75, 3.05) is 13.1 Å². The number of nitrogens with one attached hydrogen (secondary N) is 3. The maximum atomic E-state index is 12.1. The number of urea groups is 1. The number of carbonyl (C=O) groups is 2. The molecule has 0 aliphatic carbocycles. The van der Waals surface area contributed by atoms with Gasteiger partial charge < -0.3 is 21.1 Å². The lowest BCUT2D eigenvalue weighted by Crippen LogP contribution is -2.39. The SMILES string of the molecule is CC(=O)O.C[C@H](NC(=O)NCC[C@@H]1CCCN1)c1cccc2ccccc12. The first kappa shape index (κ1) is 20.7. The minimum absolute atomic E-state index is 0.0225. The van der Waals surface area contributed by atoms with E-state index in [9.17, 15) is 4.79 Å². The standard InChI is InChI=1S/C19H25N3O.C2H4O2/c1-14(17-10-4-7-15-6-2-3-9-18(15)17)22-19(23)21-13-11-16-8-5-12-20-16;1-2(3)4/h2-4,6-7,9-10,14,16,20H,5,8,11-13H2,1H3,(H2,21,22,23);1H3,(H,3,4)/t14-,16-;/m0./s1. The van der Waals surface area contributed by atoms with Crippen molar-refractivity contribution in [3.63, 3.8) is 0 Å². The average molecular weight is 371 g/mol. The molecule has 2 aromatic carbocycles. The molecule has 1 fully saturated rings. The van der Waals surface area contributed by atoms with Crippen LogP contribution in [0.25, 0.3) is 10.8 Å². The molecule has 0 radical (unpaired) electrons. The lowest BCUT2D eigenvalue weighted by atomic mass is 10.00. The minimum Gasteiger partial charge on any atom is -0.481 e. The number of carboxylic acids is 1. The second kappa shape index (κ2) is 10.5. The molecule has 0 bridgehead atoms. The summed E-state index contributed by atoms with van der Waals surface area (Å²) in [6.45, 7) is 4.93. The van der Waals surface area contributed by atoms with Crippen molar-refractivity contribution < 1.29 is 14.7 Å². The fourth-order valence-electron chi connectivity index (χ4n) is 3.32. The van der Waals surface area contributed by atoms with Gasteiger partial charge in [-0.2, -0.15) is 0 Å². The smallest absolute Gasteiger partial charge is 0.315 e. The summed E-state index contributed by atoms with van der Waals surface area (Å²) < 4.78 is 0. The Labute approximate surface area is 160 Å². The summed E-state index contributed by atoms with van der Waals surface area (Å²) in [5.74, 6) is -0.833. The first-order valence-corrected chi connectivity index (χ1v) is 9.42. The molecule has 6 nitrogen and oxygen atoms in total. The molecule has 1 heterocycles. The van der Waals surface area contributed by atoms with E-state index in [-0.39, 0.29) is 12.1 Å². The molecule has 0 unspecified atom stereocenters. The predicted molar refractivity (Wildman–Crippen MR) is 108 cm³/mol. The molecule has 1 aliphatic heterocycles. The highest BCUT2D eigenvalue weighted by molar-refractivity contribution is 5.86. The summed E-state index contributed by atoms with van der Waals surface area (Å²) in [5, 5.41) is 19.3. The van der Waals surface area contributed by atoms with Crippen molar-refractivity contribution in [2.45, 2.75) is 45.2 Å². The van der Waals surface area contributed by atoms with E-state index in [1.54, 1.807) is 0 Å². The Morgan fingerprint density at radius 3 is 2.63 bits per heavy atom. The van der Waals surface area contributed by atoms with Crippen LogP contribution in [-0.4, -0.2) is 36.2 Å². The van der Waals surface area contributed by atoms with Crippen LogP contribution in [0.3, 0.4) is 0 Å². The van der Waals surface area contributed by atoms with Crippen LogP contribution in [0.4, 0.5) is 4.79 Å². The minimum atomic E-state index is -0.833. The number of hydrogen-bond acceptors (Lipinski definition) is 3. The second-order valence-electron chi connectivity index (χ2n) is 6.79. The van der Waals surface area contributed by atoms with E-state index in [2.05, 4.69) is 40.2 Å². The first-order valence-electron chi connectivity index (χ1n) is 9.42. The van der Waals surface area contributed by atoms with Gasteiger partial charge in [-0.25, -0.2) is 4.79 Å². The van der Waals surface area contributed by atoms with Gasteiger partial charge in [-0.15, -0.1) is 0 Å². The van der Waals surface area contributed by atoms with E-state index >= 15 is 0 Å². The summed E-state index contributed by atoms with van der Waals surface area (Å²) in [4.78, 5) is 21.1. The van der Waals surface area contributed by atoms with Gasteiger partial charge in [0.15, 0.2) is 0 Å². The third-order valence-electron chi connectivity index (χ3n) is 4.58. The van der Waals surface area contributed by atoms with Crippen LogP contribution >= 0.6 is 0 Å². The molecule has 3 rings (SSSR count). The van der Waals surface area contributed by atoms with E-state index < -0.39 is 5.97 Å².